The van der Waals surface area contributed by atoms with Crippen molar-refractivity contribution in [1.29, 1.82) is 0 Å². The Balaban J connectivity index is 1.73. The van der Waals surface area contributed by atoms with Gasteiger partial charge in [0, 0.05) is 25.2 Å². The Kier molecular flexibility index (Phi) is 4.45. The van der Waals surface area contributed by atoms with Crippen molar-refractivity contribution in [2.75, 3.05) is 32.5 Å². The summed E-state index contributed by atoms with van der Waals surface area (Å²) in [6, 6.07) is 3.36. The van der Waals surface area contributed by atoms with Gasteiger partial charge in [-0.25, -0.2) is 0 Å². The van der Waals surface area contributed by atoms with Gasteiger partial charge in [0.2, 0.25) is 0 Å². The second-order valence-electron chi connectivity index (χ2n) is 6.25. The predicted octanol–water partition coefficient (Wildman–Crippen LogP) is 2.14. The lowest BCUT2D eigenvalue weighted by atomic mass is 9.87. The molecule has 0 saturated carbocycles. The first-order chi connectivity index (χ1) is 10.6. The minimum atomic E-state index is -0.148. The topological polar surface area (TPSA) is 67.6 Å². The van der Waals surface area contributed by atoms with Gasteiger partial charge in [-0.1, -0.05) is 11.6 Å². The van der Waals surface area contributed by atoms with Crippen LogP contribution in [0.2, 0.25) is 5.02 Å². The van der Waals surface area contributed by atoms with Crippen molar-refractivity contribution in [3.8, 4) is 5.75 Å². The van der Waals surface area contributed by atoms with E-state index in [0.29, 0.717) is 27.9 Å². The molecule has 3 atom stereocenters. The number of nitrogens with zero attached hydrogens (tertiary/aromatic N) is 1. The van der Waals surface area contributed by atoms with Crippen molar-refractivity contribution in [1.82, 2.24) is 10.2 Å². The molecule has 2 fully saturated rings. The average molecular weight is 324 g/mol. The highest BCUT2D eigenvalue weighted by Crippen LogP contribution is 2.30. The minimum Gasteiger partial charge on any atom is -0.496 e. The second-order valence-corrected chi connectivity index (χ2v) is 6.66. The summed E-state index contributed by atoms with van der Waals surface area (Å²) in [6.07, 6.45) is 3.58. The number of rotatable bonds is 3. The van der Waals surface area contributed by atoms with Gasteiger partial charge in [0.1, 0.15) is 5.75 Å². The number of carbonyl (C=O) groups excluding carboxylic acids is 1. The van der Waals surface area contributed by atoms with Gasteiger partial charge >= 0.3 is 0 Å². The molecule has 3 N–H and O–H groups in total. The number of amides is 1. The molecule has 1 aromatic carbocycles. The predicted molar refractivity (Wildman–Crippen MR) is 87.5 cm³/mol. The number of hydrogen-bond acceptors (Lipinski definition) is 4. The van der Waals surface area contributed by atoms with Crippen LogP contribution in [0.5, 0.6) is 5.75 Å². The third-order valence-corrected chi connectivity index (χ3v) is 4.93. The van der Waals surface area contributed by atoms with Gasteiger partial charge in [0.05, 0.1) is 23.4 Å². The maximum absolute atomic E-state index is 12.6. The molecule has 2 saturated heterocycles. The van der Waals surface area contributed by atoms with E-state index in [0.717, 1.165) is 19.5 Å². The molecule has 2 bridgehead atoms. The molecule has 1 aromatic rings. The fraction of sp³-hybridized carbons (Fsp3) is 0.562. The number of hydrogen-bond donors (Lipinski definition) is 2. The number of fused-ring (bicyclic) bond motifs is 2. The van der Waals surface area contributed by atoms with Crippen LogP contribution in [-0.2, 0) is 0 Å². The molecule has 5 nitrogen and oxygen atoms in total. The van der Waals surface area contributed by atoms with E-state index in [4.69, 9.17) is 22.1 Å². The number of carbonyl (C=O) groups is 1. The lowest BCUT2D eigenvalue weighted by molar-refractivity contribution is 0.0775. The van der Waals surface area contributed by atoms with Crippen molar-refractivity contribution in [3.63, 3.8) is 0 Å². The number of methoxy groups -OCH3 is 1. The van der Waals surface area contributed by atoms with Crippen molar-refractivity contribution < 1.29 is 9.53 Å². The van der Waals surface area contributed by atoms with Gasteiger partial charge in [0.15, 0.2) is 0 Å². The molecule has 3 rings (SSSR count). The van der Waals surface area contributed by atoms with E-state index < -0.39 is 0 Å². The van der Waals surface area contributed by atoms with Gasteiger partial charge < -0.3 is 20.7 Å². The summed E-state index contributed by atoms with van der Waals surface area (Å²) in [5, 5.41) is 3.50. The first kappa shape index (κ1) is 15.4. The standard InChI is InChI=1S/C16H22ClN3O2/c1-22-15-7-14(18)13(17)6-12(15)16(21)19-11-5-10-3-2-4-20(8-10)9-11/h6-7,10-11H,2-5,8-9,18H2,1H3,(H,19,21)/t10-,11-/m1/s1. The smallest absolute Gasteiger partial charge is 0.255 e. The van der Waals surface area contributed by atoms with Gasteiger partial charge in [-0.15, -0.1) is 0 Å². The quantitative estimate of drug-likeness (QED) is 0.836. The van der Waals surface area contributed by atoms with Crippen LogP contribution in [0, 0.1) is 5.92 Å². The van der Waals surface area contributed by atoms with E-state index in [-0.39, 0.29) is 11.9 Å². The van der Waals surface area contributed by atoms with Crippen molar-refractivity contribution in [3.05, 3.63) is 22.7 Å². The zero-order valence-corrected chi connectivity index (χ0v) is 13.5. The summed E-state index contributed by atoms with van der Waals surface area (Å²) in [6.45, 7) is 3.23. The number of ether oxygens (including phenoxy) is 1. The fourth-order valence-electron chi connectivity index (χ4n) is 3.58. The highest BCUT2D eigenvalue weighted by molar-refractivity contribution is 6.33. The van der Waals surface area contributed by atoms with Crippen LogP contribution in [0.3, 0.4) is 0 Å². The van der Waals surface area contributed by atoms with E-state index in [1.807, 2.05) is 0 Å². The molecule has 0 radical (unpaired) electrons. The molecule has 1 amide bonds. The van der Waals surface area contributed by atoms with Gasteiger partial charge in [0.25, 0.3) is 5.91 Å². The van der Waals surface area contributed by atoms with Crippen molar-refractivity contribution in [2.45, 2.75) is 25.3 Å². The van der Waals surface area contributed by atoms with E-state index in [2.05, 4.69) is 10.2 Å². The monoisotopic (exact) mass is 323 g/mol. The Hall–Kier alpha value is -1.46. The molecular formula is C16H22ClN3O2. The zero-order valence-electron chi connectivity index (χ0n) is 12.8. The minimum absolute atomic E-state index is 0.148. The number of nitrogens with one attached hydrogen (secondary N) is 1. The summed E-state index contributed by atoms with van der Waals surface area (Å²) < 4.78 is 5.26. The van der Waals surface area contributed by atoms with Crippen LogP contribution in [-0.4, -0.2) is 43.6 Å². The SMILES string of the molecule is COc1cc(N)c(Cl)cc1C(=O)N[C@@H]1C[C@H]2CCCN(C2)C1. The number of nitrogens with two attached hydrogens (primary N) is 1. The first-order valence-corrected chi connectivity index (χ1v) is 8.11. The number of benzene rings is 1. The molecular weight excluding hydrogens is 302 g/mol. The Morgan fingerprint density at radius 1 is 1.45 bits per heavy atom. The molecule has 2 aliphatic rings. The van der Waals surface area contributed by atoms with Crippen LogP contribution >= 0.6 is 11.6 Å². The van der Waals surface area contributed by atoms with Crippen LogP contribution in [0.15, 0.2) is 12.1 Å². The Bertz CT molecular complexity index is 567. The third kappa shape index (κ3) is 3.15. The highest BCUT2D eigenvalue weighted by atomic mass is 35.5. The Morgan fingerprint density at radius 3 is 3.00 bits per heavy atom. The van der Waals surface area contributed by atoms with E-state index >= 15 is 0 Å². The van der Waals surface area contributed by atoms with Crippen molar-refractivity contribution in [2.24, 2.45) is 5.92 Å². The van der Waals surface area contributed by atoms with Crippen LogP contribution in [0.25, 0.3) is 0 Å². The molecule has 120 valence electrons. The molecule has 0 aliphatic carbocycles. The number of anilines is 1. The summed E-state index contributed by atoms with van der Waals surface area (Å²) >= 11 is 6.04. The van der Waals surface area contributed by atoms with Gasteiger partial charge in [-0.3, -0.25) is 4.79 Å². The van der Waals surface area contributed by atoms with Crippen LogP contribution in [0.4, 0.5) is 5.69 Å². The molecule has 6 heteroatoms. The Labute approximate surface area is 135 Å². The lowest BCUT2D eigenvalue weighted by Gasteiger charge is -2.41. The third-order valence-electron chi connectivity index (χ3n) is 4.60. The molecule has 0 aromatic heterocycles. The number of piperidine rings is 2. The molecule has 22 heavy (non-hydrogen) atoms. The van der Waals surface area contributed by atoms with Crippen molar-refractivity contribution >= 4 is 23.2 Å². The lowest BCUT2D eigenvalue weighted by Crippen LogP contribution is -2.52. The summed E-state index contributed by atoms with van der Waals surface area (Å²) in [4.78, 5) is 15.0. The van der Waals surface area contributed by atoms with Crippen LogP contribution in [0.1, 0.15) is 29.6 Å². The molecule has 0 spiro atoms. The van der Waals surface area contributed by atoms with E-state index in [1.165, 1.54) is 26.5 Å². The summed E-state index contributed by atoms with van der Waals surface area (Å²) in [7, 11) is 1.52. The largest absolute Gasteiger partial charge is 0.496 e. The zero-order chi connectivity index (χ0) is 15.7. The molecule has 2 aliphatic heterocycles. The maximum Gasteiger partial charge on any atom is 0.255 e. The van der Waals surface area contributed by atoms with E-state index in [9.17, 15) is 4.79 Å². The summed E-state index contributed by atoms with van der Waals surface area (Å²) in [5.74, 6) is 1.00. The maximum atomic E-state index is 12.6. The normalized spacial score (nSPS) is 27.3. The average Bonchev–Trinajstić information content (AvgIpc) is 2.49. The summed E-state index contributed by atoms with van der Waals surface area (Å²) in [5.41, 5.74) is 6.61. The molecule has 2 heterocycles. The number of halogens is 1. The first-order valence-electron chi connectivity index (χ1n) is 7.73. The highest BCUT2D eigenvalue weighted by Gasteiger charge is 2.31. The van der Waals surface area contributed by atoms with Gasteiger partial charge in [-0.05, 0) is 37.8 Å². The fourth-order valence-corrected chi connectivity index (χ4v) is 3.74. The second kappa shape index (κ2) is 6.34. The van der Waals surface area contributed by atoms with E-state index in [1.54, 1.807) is 12.1 Å². The van der Waals surface area contributed by atoms with Gasteiger partial charge in [-0.2, -0.15) is 0 Å². The molecule has 1 unspecified atom stereocenters. The Morgan fingerprint density at radius 2 is 2.27 bits per heavy atom. The number of nitrogen functional groups attached to an aromatic ring is 1. The van der Waals surface area contributed by atoms with Crippen LogP contribution < -0.4 is 15.8 Å².